The van der Waals surface area contributed by atoms with Crippen LogP contribution in [0.15, 0.2) is 42.7 Å². The normalized spacial score (nSPS) is 15.3. The van der Waals surface area contributed by atoms with Gasteiger partial charge in [0.15, 0.2) is 0 Å². The summed E-state index contributed by atoms with van der Waals surface area (Å²) < 4.78 is 12.2. The summed E-state index contributed by atoms with van der Waals surface area (Å²) in [6, 6.07) is 9.12. The number of amides is 1. The van der Waals surface area contributed by atoms with Crippen LogP contribution < -0.4 is 4.74 Å². The van der Waals surface area contributed by atoms with Crippen LogP contribution in [0.1, 0.15) is 23.0 Å². The first-order valence-electron chi connectivity index (χ1n) is 8.73. The summed E-state index contributed by atoms with van der Waals surface area (Å²) in [6.45, 7) is 4.41. The number of pyridine rings is 2. The van der Waals surface area contributed by atoms with E-state index in [1.165, 1.54) is 0 Å². The van der Waals surface area contributed by atoms with Crippen molar-refractivity contribution < 1.29 is 14.3 Å². The molecule has 1 aliphatic rings. The third kappa shape index (κ3) is 3.61. The van der Waals surface area contributed by atoms with E-state index in [0.29, 0.717) is 37.7 Å². The number of fused-ring (bicyclic) bond motifs is 1. The standard InChI is InChI=1S/C19H21N5O3/c1-19(12-27-13-19)11-23(10-15-4-3-5-17(21-15)26-2)18(25)14-6-7-24-16(8-14)9-20-22-24/h3-9H,10-13H2,1-2H3. The fourth-order valence-corrected chi connectivity index (χ4v) is 3.20. The minimum atomic E-state index is -0.0588. The quantitative estimate of drug-likeness (QED) is 0.661. The summed E-state index contributed by atoms with van der Waals surface area (Å²) in [5, 5.41) is 7.80. The second kappa shape index (κ2) is 6.96. The van der Waals surface area contributed by atoms with Gasteiger partial charge in [-0.2, -0.15) is 0 Å². The number of rotatable bonds is 6. The Kier molecular flexibility index (Phi) is 4.49. The zero-order valence-electron chi connectivity index (χ0n) is 15.3. The molecule has 0 radical (unpaired) electrons. The molecule has 3 aromatic rings. The van der Waals surface area contributed by atoms with Gasteiger partial charge in [0.25, 0.3) is 5.91 Å². The molecular formula is C19H21N5O3. The van der Waals surface area contributed by atoms with Gasteiger partial charge in [-0.25, -0.2) is 9.50 Å². The van der Waals surface area contributed by atoms with Gasteiger partial charge in [0.2, 0.25) is 5.88 Å². The third-order valence-electron chi connectivity index (χ3n) is 4.65. The van der Waals surface area contributed by atoms with Crippen molar-refractivity contribution in [2.24, 2.45) is 5.41 Å². The van der Waals surface area contributed by atoms with Crippen LogP contribution in [-0.4, -0.2) is 57.5 Å². The van der Waals surface area contributed by atoms with Gasteiger partial charge in [0.1, 0.15) is 0 Å². The topological polar surface area (TPSA) is 81.9 Å². The lowest BCUT2D eigenvalue weighted by molar-refractivity contribution is -0.111. The molecule has 8 nitrogen and oxygen atoms in total. The second-order valence-corrected chi connectivity index (χ2v) is 7.15. The number of nitrogens with zero attached hydrogens (tertiary/aromatic N) is 5. The van der Waals surface area contributed by atoms with Crippen molar-refractivity contribution in [1.29, 1.82) is 0 Å². The van der Waals surface area contributed by atoms with Crippen molar-refractivity contribution in [3.05, 3.63) is 54.0 Å². The number of carbonyl (C=O) groups excluding carboxylic acids is 1. The van der Waals surface area contributed by atoms with Crippen molar-refractivity contribution in [1.82, 2.24) is 24.7 Å². The van der Waals surface area contributed by atoms with Gasteiger partial charge in [-0.05, 0) is 18.2 Å². The summed E-state index contributed by atoms with van der Waals surface area (Å²) >= 11 is 0. The molecule has 0 bridgehead atoms. The SMILES string of the molecule is COc1cccc(CN(CC2(C)COC2)C(=O)c2ccn3nncc3c2)n1. The highest BCUT2D eigenvalue weighted by atomic mass is 16.5. The van der Waals surface area contributed by atoms with Crippen LogP contribution in [0.5, 0.6) is 5.88 Å². The Morgan fingerprint density at radius 3 is 2.96 bits per heavy atom. The first kappa shape index (κ1) is 17.4. The molecule has 4 heterocycles. The smallest absolute Gasteiger partial charge is 0.254 e. The highest BCUT2D eigenvalue weighted by Crippen LogP contribution is 2.29. The van der Waals surface area contributed by atoms with Gasteiger partial charge in [-0.15, -0.1) is 5.10 Å². The molecule has 0 aromatic carbocycles. The monoisotopic (exact) mass is 367 g/mol. The first-order chi connectivity index (χ1) is 13.1. The predicted octanol–water partition coefficient (Wildman–Crippen LogP) is 1.81. The Morgan fingerprint density at radius 2 is 2.22 bits per heavy atom. The van der Waals surface area contributed by atoms with Crippen molar-refractivity contribution in [2.45, 2.75) is 13.5 Å². The van der Waals surface area contributed by atoms with E-state index in [9.17, 15) is 4.79 Å². The maximum absolute atomic E-state index is 13.3. The molecule has 0 atom stereocenters. The van der Waals surface area contributed by atoms with Gasteiger partial charge in [0.05, 0.1) is 44.3 Å². The van der Waals surface area contributed by atoms with E-state index < -0.39 is 0 Å². The Balaban J connectivity index is 1.62. The predicted molar refractivity (Wildman–Crippen MR) is 97.4 cm³/mol. The third-order valence-corrected chi connectivity index (χ3v) is 4.65. The van der Waals surface area contributed by atoms with Crippen molar-refractivity contribution in [3.8, 4) is 5.88 Å². The fourth-order valence-electron chi connectivity index (χ4n) is 3.20. The molecule has 0 unspecified atom stereocenters. The molecular weight excluding hydrogens is 346 g/mol. The van der Waals surface area contributed by atoms with Gasteiger partial charge in [-0.1, -0.05) is 18.2 Å². The Hall–Kier alpha value is -3.00. The lowest BCUT2D eigenvalue weighted by Gasteiger charge is -2.41. The van der Waals surface area contributed by atoms with E-state index in [2.05, 4.69) is 22.2 Å². The molecule has 27 heavy (non-hydrogen) atoms. The van der Waals surface area contributed by atoms with Crippen LogP contribution in [0.4, 0.5) is 0 Å². The van der Waals surface area contributed by atoms with Gasteiger partial charge < -0.3 is 14.4 Å². The maximum atomic E-state index is 13.3. The number of hydrogen-bond donors (Lipinski definition) is 0. The molecule has 1 amide bonds. The van der Waals surface area contributed by atoms with Crippen LogP contribution in [0, 0.1) is 5.41 Å². The molecule has 0 saturated carbocycles. The summed E-state index contributed by atoms with van der Waals surface area (Å²) in [4.78, 5) is 19.5. The zero-order chi connectivity index (χ0) is 18.9. The van der Waals surface area contributed by atoms with Crippen LogP contribution in [0.25, 0.3) is 5.52 Å². The maximum Gasteiger partial charge on any atom is 0.254 e. The summed E-state index contributed by atoms with van der Waals surface area (Å²) in [5.74, 6) is 0.473. The number of methoxy groups -OCH3 is 1. The molecule has 0 aliphatic carbocycles. The van der Waals surface area contributed by atoms with E-state index in [-0.39, 0.29) is 11.3 Å². The van der Waals surface area contributed by atoms with E-state index in [1.54, 1.807) is 42.2 Å². The minimum absolute atomic E-state index is 0.0448. The minimum Gasteiger partial charge on any atom is -0.481 e. The molecule has 3 aromatic heterocycles. The van der Waals surface area contributed by atoms with Gasteiger partial charge in [-0.3, -0.25) is 4.79 Å². The van der Waals surface area contributed by atoms with E-state index in [0.717, 1.165) is 11.2 Å². The number of carbonyl (C=O) groups is 1. The van der Waals surface area contributed by atoms with Crippen LogP contribution in [0.2, 0.25) is 0 Å². The molecule has 8 heteroatoms. The average molecular weight is 367 g/mol. The van der Waals surface area contributed by atoms with E-state index in [1.807, 2.05) is 17.0 Å². The Morgan fingerprint density at radius 1 is 1.37 bits per heavy atom. The fraction of sp³-hybridized carbons (Fsp3) is 0.368. The number of hydrogen-bond acceptors (Lipinski definition) is 6. The lowest BCUT2D eigenvalue weighted by atomic mass is 9.88. The molecule has 1 aliphatic heterocycles. The summed E-state index contributed by atoms with van der Waals surface area (Å²) in [7, 11) is 1.58. The molecule has 0 N–H and O–H groups in total. The molecule has 1 saturated heterocycles. The van der Waals surface area contributed by atoms with E-state index in [4.69, 9.17) is 9.47 Å². The summed E-state index contributed by atoms with van der Waals surface area (Å²) in [5.41, 5.74) is 2.10. The van der Waals surface area contributed by atoms with Gasteiger partial charge in [0, 0.05) is 29.8 Å². The first-order valence-corrected chi connectivity index (χ1v) is 8.73. The Bertz CT molecular complexity index is 967. The van der Waals surface area contributed by atoms with E-state index >= 15 is 0 Å². The second-order valence-electron chi connectivity index (χ2n) is 7.15. The number of aromatic nitrogens is 4. The molecule has 0 spiro atoms. The van der Waals surface area contributed by atoms with Crippen LogP contribution in [0.3, 0.4) is 0 Å². The Labute approximate surface area is 156 Å². The van der Waals surface area contributed by atoms with Crippen LogP contribution in [-0.2, 0) is 11.3 Å². The van der Waals surface area contributed by atoms with Crippen LogP contribution >= 0.6 is 0 Å². The largest absolute Gasteiger partial charge is 0.481 e. The highest BCUT2D eigenvalue weighted by molar-refractivity contribution is 5.95. The average Bonchev–Trinajstić information content (AvgIpc) is 3.13. The van der Waals surface area contributed by atoms with Gasteiger partial charge >= 0.3 is 0 Å². The summed E-state index contributed by atoms with van der Waals surface area (Å²) in [6.07, 6.45) is 3.37. The molecule has 140 valence electrons. The zero-order valence-corrected chi connectivity index (χ0v) is 15.3. The highest BCUT2D eigenvalue weighted by Gasteiger charge is 2.37. The van der Waals surface area contributed by atoms with Crippen molar-refractivity contribution in [2.75, 3.05) is 26.9 Å². The van der Waals surface area contributed by atoms with Crippen molar-refractivity contribution >= 4 is 11.4 Å². The van der Waals surface area contributed by atoms with Crippen molar-refractivity contribution in [3.63, 3.8) is 0 Å². The molecule has 4 rings (SSSR count). The number of ether oxygens (including phenoxy) is 2. The lowest BCUT2D eigenvalue weighted by Crippen LogP contribution is -2.50. The molecule has 1 fully saturated rings.